The van der Waals surface area contributed by atoms with Crippen molar-refractivity contribution in [2.75, 3.05) is 27.2 Å². The smallest absolute Gasteiger partial charge is 0.223 e. The summed E-state index contributed by atoms with van der Waals surface area (Å²) in [6, 6.07) is 17.9. The normalized spacial score (nSPS) is 12.0. The lowest BCUT2D eigenvalue weighted by atomic mass is 10.1. The number of likely N-dealkylation sites (N-methyl/N-ethyl adjacent to an activating group) is 1. The highest BCUT2D eigenvalue weighted by molar-refractivity contribution is 5.76. The van der Waals surface area contributed by atoms with Crippen LogP contribution in [-0.2, 0) is 4.79 Å². The van der Waals surface area contributed by atoms with Crippen LogP contribution in [0.5, 0.6) is 5.75 Å². The Hall–Kier alpha value is -2.33. The number of hydrogen-bond donors (Lipinski definition) is 1. The highest BCUT2D eigenvalue weighted by Gasteiger charge is 2.15. The largest absolute Gasteiger partial charge is 0.493 e. The summed E-state index contributed by atoms with van der Waals surface area (Å²) in [6.45, 7) is 3.13. The number of ether oxygens (including phenoxy) is 1. The van der Waals surface area contributed by atoms with E-state index in [1.165, 1.54) is 0 Å². The minimum absolute atomic E-state index is 0.000660. The van der Waals surface area contributed by atoms with E-state index in [2.05, 4.69) is 10.2 Å². The lowest BCUT2D eigenvalue weighted by molar-refractivity contribution is -0.122. The van der Waals surface area contributed by atoms with Crippen LogP contribution in [0.3, 0.4) is 0 Å². The number of hydrogen-bond acceptors (Lipinski definition) is 3. The quantitative estimate of drug-likeness (QED) is 0.810. The van der Waals surface area contributed by atoms with Gasteiger partial charge in [0.15, 0.2) is 0 Å². The number of carbonyl (C=O) groups excluding carboxylic acids is 1. The second-order valence-corrected chi connectivity index (χ2v) is 6.16. The molecule has 0 heterocycles. The molecular weight excluding hydrogens is 300 g/mol. The number of para-hydroxylation sites is 1. The zero-order chi connectivity index (χ0) is 17.4. The van der Waals surface area contributed by atoms with Crippen molar-refractivity contribution >= 4 is 5.91 Å². The van der Waals surface area contributed by atoms with E-state index in [1.807, 2.05) is 75.6 Å². The molecular formula is C20H26N2O2. The average Bonchev–Trinajstić information content (AvgIpc) is 2.56. The Morgan fingerprint density at radius 1 is 1.08 bits per heavy atom. The molecule has 0 bridgehead atoms. The predicted octanol–water partition coefficient (Wildman–Crippen LogP) is 3.18. The van der Waals surface area contributed by atoms with Crippen molar-refractivity contribution in [3.8, 4) is 5.75 Å². The fraction of sp³-hybridized carbons (Fsp3) is 0.350. The molecule has 0 saturated carbocycles. The Balaban J connectivity index is 1.87. The van der Waals surface area contributed by atoms with Crippen LogP contribution >= 0.6 is 0 Å². The molecule has 0 aliphatic rings. The standard InChI is InChI=1S/C20H26N2O2/c1-16-9-7-8-12-19(16)24-14-13-20(23)21-18(15-22(2)3)17-10-5-4-6-11-17/h4-12,18H,13-15H2,1-3H3,(H,21,23)/t18-/m0/s1. The van der Waals surface area contributed by atoms with E-state index >= 15 is 0 Å². The number of nitrogens with zero attached hydrogens (tertiary/aromatic N) is 1. The first kappa shape index (κ1) is 18.0. The topological polar surface area (TPSA) is 41.6 Å². The van der Waals surface area contributed by atoms with Gasteiger partial charge in [-0.1, -0.05) is 48.5 Å². The van der Waals surface area contributed by atoms with Crippen LogP contribution in [0.25, 0.3) is 0 Å². The van der Waals surface area contributed by atoms with E-state index in [1.54, 1.807) is 0 Å². The first-order chi connectivity index (χ1) is 11.6. The fourth-order valence-electron chi connectivity index (χ4n) is 2.52. The van der Waals surface area contributed by atoms with Gasteiger partial charge in [0.1, 0.15) is 5.75 Å². The number of rotatable bonds is 8. The van der Waals surface area contributed by atoms with Crippen molar-refractivity contribution in [3.05, 3.63) is 65.7 Å². The molecule has 0 radical (unpaired) electrons. The van der Waals surface area contributed by atoms with Gasteiger partial charge in [0.25, 0.3) is 0 Å². The first-order valence-electron chi connectivity index (χ1n) is 8.23. The summed E-state index contributed by atoms with van der Waals surface area (Å²) < 4.78 is 5.70. The van der Waals surface area contributed by atoms with E-state index in [9.17, 15) is 4.79 Å². The lowest BCUT2D eigenvalue weighted by Crippen LogP contribution is -2.35. The molecule has 2 aromatic rings. The Bertz CT molecular complexity index is 641. The van der Waals surface area contributed by atoms with Gasteiger partial charge < -0.3 is 15.0 Å². The summed E-state index contributed by atoms with van der Waals surface area (Å²) in [7, 11) is 4.01. The number of benzene rings is 2. The van der Waals surface area contributed by atoms with Gasteiger partial charge in [-0.3, -0.25) is 4.79 Å². The molecule has 128 valence electrons. The molecule has 1 atom stereocenters. The molecule has 0 spiro atoms. The van der Waals surface area contributed by atoms with Crippen molar-refractivity contribution in [1.29, 1.82) is 0 Å². The Kier molecular flexibility index (Phi) is 6.82. The van der Waals surface area contributed by atoms with E-state index < -0.39 is 0 Å². The van der Waals surface area contributed by atoms with Crippen LogP contribution in [0, 0.1) is 6.92 Å². The first-order valence-corrected chi connectivity index (χ1v) is 8.23. The van der Waals surface area contributed by atoms with Crippen LogP contribution in [0.4, 0.5) is 0 Å². The molecule has 2 aromatic carbocycles. The van der Waals surface area contributed by atoms with Crippen LogP contribution < -0.4 is 10.1 Å². The molecule has 4 nitrogen and oxygen atoms in total. The van der Waals surface area contributed by atoms with Gasteiger partial charge in [-0.25, -0.2) is 0 Å². The van der Waals surface area contributed by atoms with Gasteiger partial charge in [0, 0.05) is 6.54 Å². The van der Waals surface area contributed by atoms with Crippen molar-refractivity contribution in [1.82, 2.24) is 10.2 Å². The molecule has 0 fully saturated rings. The molecule has 0 saturated heterocycles. The molecule has 1 N–H and O–H groups in total. The number of amides is 1. The third-order valence-electron chi connectivity index (χ3n) is 3.77. The maximum absolute atomic E-state index is 12.3. The average molecular weight is 326 g/mol. The lowest BCUT2D eigenvalue weighted by Gasteiger charge is -2.23. The highest BCUT2D eigenvalue weighted by atomic mass is 16.5. The van der Waals surface area contributed by atoms with Crippen molar-refractivity contribution in [3.63, 3.8) is 0 Å². The maximum Gasteiger partial charge on any atom is 0.223 e. The van der Waals surface area contributed by atoms with Gasteiger partial charge in [0.2, 0.25) is 5.91 Å². The number of aryl methyl sites for hydroxylation is 1. The van der Waals surface area contributed by atoms with Gasteiger partial charge in [-0.2, -0.15) is 0 Å². The molecule has 24 heavy (non-hydrogen) atoms. The minimum atomic E-state index is -0.0211. The summed E-state index contributed by atoms with van der Waals surface area (Å²) >= 11 is 0. The molecule has 0 aliphatic carbocycles. The second kappa shape index (κ2) is 9.08. The third kappa shape index (κ3) is 5.70. The van der Waals surface area contributed by atoms with E-state index in [0.29, 0.717) is 13.0 Å². The van der Waals surface area contributed by atoms with E-state index in [0.717, 1.165) is 23.4 Å². The second-order valence-electron chi connectivity index (χ2n) is 6.16. The molecule has 0 aromatic heterocycles. The summed E-state index contributed by atoms with van der Waals surface area (Å²) in [4.78, 5) is 14.3. The van der Waals surface area contributed by atoms with Crippen LogP contribution in [0.15, 0.2) is 54.6 Å². The van der Waals surface area contributed by atoms with Gasteiger partial charge in [-0.05, 0) is 38.2 Å². The van der Waals surface area contributed by atoms with Crippen molar-refractivity contribution < 1.29 is 9.53 Å². The molecule has 0 unspecified atom stereocenters. The Labute approximate surface area is 144 Å². The van der Waals surface area contributed by atoms with E-state index in [4.69, 9.17) is 4.74 Å². The summed E-state index contributed by atoms with van der Waals surface area (Å²) in [5.74, 6) is 0.831. The van der Waals surface area contributed by atoms with Gasteiger partial charge in [0.05, 0.1) is 19.1 Å². The monoisotopic (exact) mass is 326 g/mol. The summed E-state index contributed by atoms with van der Waals surface area (Å²) in [5, 5.41) is 3.10. The van der Waals surface area contributed by atoms with Crippen LogP contribution in [0.1, 0.15) is 23.6 Å². The van der Waals surface area contributed by atoms with Gasteiger partial charge >= 0.3 is 0 Å². The fourth-order valence-corrected chi connectivity index (χ4v) is 2.52. The SMILES string of the molecule is Cc1ccccc1OCCC(=O)N[C@@H](CN(C)C)c1ccccc1. The zero-order valence-electron chi connectivity index (χ0n) is 14.7. The Morgan fingerprint density at radius 3 is 2.42 bits per heavy atom. The number of carbonyl (C=O) groups is 1. The summed E-state index contributed by atoms with van der Waals surface area (Å²) in [5.41, 5.74) is 2.19. The van der Waals surface area contributed by atoms with Crippen LogP contribution in [0.2, 0.25) is 0 Å². The minimum Gasteiger partial charge on any atom is -0.493 e. The molecule has 2 rings (SSSR count). The highest BCUT2D eigenvalue weighted by Crippen LogP contribution is 2.17. The summed E-state index contributed by atoms with van der Waals surface area (Å²) in [6.07, 6.45) is 0.338. The molecule has 4 heteroatoms. The third-order valence-corrected chi connectivity index (χ3v) is 3.77. The van der Waals surface area contributed by atoms with Crippen molar-refractivity contribution in [2.45, 2.75) is 19.4 Å². The molecule has 1 amide bonds. The van der Waals surface area contributed by atoms with E-state index in [-0.39, 0.29) is 11.9 Å². The number of nitrogens with one attached hydrogen (secondary N) is 1. The zero-order valence-corrected chi connectivity index (χ0v) is 14.7. The predicted molar refractivity (Wildman–Crippen MR) is 97.2 cm³/mol. The molecule has 0 aliphatic heterocycles. The van der Waals surface area contributed by atoms with Crippen molar-refractivity contribution in [2.24, 2.45) is 0 Å². The van der Waals surface area contributed by atoms with Gasteiger partial charge in [-0.15, -0.1) is 0 Å². The maximum atomic E-state index is 12.3. The Morgan fingerprint density at radius 2 is 1.75 bits per heavy atom. The van der Waals surface area contributed by atoms with Crippen LogP contribution in [-0.4, -0.2) is 38.1 Å².